The van der Waals surface area contributed by atoms with Gasteiger partial charge in [0.15, 0.2) is 9.84 Å². The van der Waals surface area contributed by atoms with Crippen LogP contribution in [0.25, 0.3) is 10.9 Å². The minimum Gasteiger partial charge on any atom is -0.367 e. The van der Waals surface area contributed by atoms with Crippen molar-refractivity contribution in [3.63, 3.8) is 0 Å². The molecule has 1 unspecified atom stereocenters. The van der Waals surface area contributed by atoms with E-state index in [4.69, 9.17) is 4.74 Å². The Morgan fingerprint density at radius 1 is 1.31 bits per heavy atom. The monoisotopic (exact) mass is 390 g/mol. The fourth-order valence-electron chi connectivity index (χ4n) is 3.02. The second kappa shape index (κ2) is 6.57. The third-order valence-electron chi connectivity index (χ3n) is 4.29. The zero-order valence-corrected chi connectivity index (χ0v) is 16.0. The Bertz CT molecular complexity index is 1060. The van der Waals surface area contributed by atoms with Gasteiger partial charge >= 0.3 is 0 Å². The molecule has 2 aromatic heterocycles. The first kappa shape index (κ1) is 17.3. The van der Waals surface area contributed by atoms with Gasteiger partial charge in [0.1, 0.15) is 23.3 Å². The van der Waals surface area contributed by atoms with Gasteiger partial charge in [-0.2, -0.15) is 0 Å². The molecule has 1 saturated heterocycles. The van der Waals surface area contributed by atoms with E-state index in [-0.39, 0.29) is 11.0 Å². The quantitative estimate of drug-likeness (QED) is 0.679. The number of morpholine rings is 1. The molecule has 0 aliphatic carbocycles. The fraction of sp³-hybridized carbons (Fsp3) is 0.353. The second-order valence-corrected chi connectivity index (χ2v) is 9.19. The van der Waals surface area contributed by atoms with E-state index in [2.05, 4.69) is 19.9 Å². The average Bonchev–Trinajstić information content (AvgIpc) is 3.06. The third kappa shape index (κ3) is 3.29. The molecule has 0 bridgehead atoms. The summed E-state index contributed by atoms with van der Waals surface area (Å²) in [6.45, 7) is 3.81. The van der Waals surface area contributed by atoms with E-state index >= 15 is 0 Å². The Hall–Kier alpha value is -2.10. The molecule has 1 atom stereocenters. The van der Waals surface area contributed by atoms with Crippen molar-refractivity contribution in [3.8, 4) is 0 Å². The molecule has 0 N–H and O–H groups in total. The number of ether oxygens (including phenoxy) is 1. The number of rotatable bonds is 3. The largest absolute Gasteiger partial charge is 0.367 e. The molecule has 0 amide bonds. The molecule has 1 aliphatic heterocycles. The molecule has 0 radical (unpaired) electrons. The minimum atomic E-state index is -3.30. The van der Waals surface area contributed by atoms with Gasteiger partial charge in [0, 0.05) is 29.3 Å². The summed E-state index contributed by atoms with van der Waals surface area (Å²) in [6.07, 6.45) is 2.59. The molecular formula is C17H18N4O3S2. The number of benzene rings is 1. The van der Waals surface area contributed by atoms with E-state index in [9.17, 15) is 8.42 Å². The van der Waals surface area contributed by atoms with Crippen LogP contribution < -0.4 is 4.90 Å². The normalized spacial score (nSPS) is 18.4. The van der Waals surface area contributed by atoms with Crippen molar-refractivity contribution in [2.75, 3.05) is 30.9 Å². The zero-order chi connectivity index (χ0) is 18.3. The highest BCUT2D eigenvalue weighted by atomic mass is 32.2. The molecule has 3 aromatic rings. The Balaban J connectivity index is 1.73. The van der Waals surface area contributed by atoms with Crippen molar-refractivity contribution in [2.24, 2.45) is 0 Å². The SMILES string of the molecule is Cc1csc(C2CN(c3ncnc4ccc(S(C)(=O)=O)cc34)CCO2)n1. The summed E-state index contributed by atoms with van der Waals surface area (Å²) in [7, 11) is -3.30. The molecule has 1 fully saturated rings. The van der Waals surface area contributed by atoms with Crippen LogP contribution in [0.2, 0.25) is 0 Å². The summed E-state index contributed by atoms with van der Waals surface area (Å²) in [4.78, 5) is 15.6. The molecule has 1 aromatic carbocycles. The first-order valence-corrected chi connectivity index (χ1v) is 10.9. The molecule has 3 heterocycles. The number of aryl methyl sites for hydroxylation is 1. The van der Waals surface area contributed by atoms with Gasteiger partial charge in [0.05, 0.1) is 23.6 Å². The molecule has 136 valence electrons. The van der Waals surface area contributed by atoms with Crippen LogP contribution >= 0.6 is 11.3 Å². The molecule has 0 saturated carbocycles. The lowest BCUT2D eigenvalue weighted by Gasteiger charge is -2.33. The Morgan fingerprint density at radius 2 is 2.15 bits per heavy atom. The molecule has 1 aliphatic rings. The highest BCUT2D eigenvalue weighted by molar-refractivity contribution is 7.90. The lowest BCUT2D eigenvalue weighted by molar-refractivity contribution is 0.0394. The van der Waals surface area contributed by atoms with Crippen molar-refractivity contribution in [1.29, 1.82) is 0 Å². The molecule has 26 heavy (non-hydrogen) atoms. The van der Waals surface area contributed by atoms with Crippen LogP contribution in [0.4, 0.5) is 5.82 Å². The number of hydrogen-bond donors (Lipinski definition) is 0. The van der Waals surface area contributed by atoms with Crippen LogP contribution in [0.5, 0.6) is 0 Å². The summed E-state index contributed by atoms with van der Waals surface area (Å²) in [5, 5.41) is 3.68. The Morgan fingerprint density at radius 3 is 2.88 bits per heavy atom. The van der Waals surface area contributed by atoms with E-state index in [0.717, 1.165) is 27.4 Å². The summed E-state index contributed by atoms with van der Waals surface area (Å²) in [6, 6.07) is 4.95. The Kier molecular flexibility index (Phi) is 4.37. The predicted octanol–water partition coefficient (Wildman–Crippen LogP) is 2.38. The lowest BCUT2D eigenvalue weighted by Crippen LogP contribution is -2.39. The number of nitrogens with zero attached hydrogens (tertiary/aromatic N) is 4. The number of thiazole rings is 1. The number of fused-ring (bicyclic) bond motifs is 1. The van der Waals surface area contributed by atoms with E-state index in [1.165, 1.54) is 12.6 Å². The molecule has 4 rings (SSSR count). The average molecular weight is 390 g/mol. The number of aromatic nitrogens is 3. The van der Waals surface area contributed by atoms with Crippen molar-refractivity contribution < 1.29 is 13.2 Å². The fourth-order valence-corrected chi connectivity index (χ4v) is 4.50. The van der Waals surface area contributed by atoms with Gasteiger partial charge in [0.25, 0.3) is 0 Å². The molecule has 7 nitrogen and oxygen atoms in total. The van der Waals surface area contributed by atoms with Gasteiger partial charge in [-0.05, 0) is 25.1 Å². The minimum absolute atomic E-state index is 0.120. The first-order valence-electron chi connectivity index (χ1n) is 8.15. The smallest absolute Gasteiger partial charge is 0.175 e. The lowest BCUT2D eigenvalue weighted by atomic mass is 10.2. The van der Waals surface area contributed by atoms with Crippen LogP contribution in [0.15, 0.2) is 34.8 Å². The van der Waals surface area contributed by atoms with Gasteiger partial charge in [-0.25, -0.2) is 23.4 Å². The van der Waals surface area contributed by atoms with Crippen LogP contribution in [0.3, 0.4) is 0 Å². The van der Waals surface area contributed by atoms with Crippen molar-refractivity contribution in [3.05, 3.63) is 40.6 Å². The van der Waals surface area contributed by atoms with Crippen LogP contribution in [-0.2, 0) is 14.6 Å². The summed E-state index contributed by atoms with van der Waals surface area (Å²) in [5.74, 6) is 0.724. The molecular weight excluding hydrogens is 372 g/mol. The second-order valence-electron chi connectivity index (χ2n) is 6.28. The highest BCUT2D eigenvalue weighted by Crippen LogP contribution is 2.31. The molecule has 9 heteroatoms. The van der Waals surface area contributed by atoms with Gasteiger partial charge in [-0.15, -0.1) is 11.3 Å². The zero-order valence-electron chi connectivity index (χ0n) is 14.4. The first-order chi connectivity index (χ1) is 12.4. The number of sulfone groups is 1. The third-order valence-corrected chi connectivity index (χ3v) is 6.46. The van der Waals surface area contributed by atoms with Crippen molar-refractivity contribution in [1.82, 2.24) is 15.0 Å². The van der Waals surface area contributed by atoms with Crippen molar-refractivity contribution >= 4 is 37.9 Å². The maximum Gasteiger partial charge on any atom is 0.175 e. The number of anilines is 1. The Labute approximate surface area is 155 Å². The van der Waals surface area contributed by atoms with E-state index in [1.807, 2.05) is 12.3 Å². The van der Waals surface area contributed by atoms with Crippen LogP contribution in [-0.4, -0.2) is 49.3 Å². The van der Waals surface area contributed by atoms with E-state index in [1.54, 1.807) is 29.5 Å². The maximum atomic E-state index is 11.9. The van der Waals surface area contributed by atoms with E-state index < -0.39 is 9.84 Å². The van der Waals surface area contributed by atoms with Crippen molar-refractivity contribution in [2.45, 2.75) is 17.9 Å². The summed E-state index contributed by atoms with van der Waals surface area (Å²) in [5.41, 5.74) is 1.70. The van der Waals surface area contributed by atoms with Crippen LogP contribution in [0.1, 0.15) is 16.8 Å². The maximum absolute atomic E-state index is 11.9. The molecule has 0 spiro atoms. The summed E-state index contributed by atoms with van der Waals surface area (Å²) < 4.78 is 29.7. The van der Waals surface area contributed by atoms with E-state index in [0.29, 0.717) is 19.7 Å². The van der Waals surface area contributed by atoms with Gasteiger partial charge < -0.3 is 9.64 Å². The van der Waals surface area contributed by atoms with Gasteiger partial charge in [0.2, 0.25) is 0 Å². The van der Waals surface area contributed by atoms with Gasteiger partial charge in [-0.1, -0.05) is 0 Å². The highest BCUT2D eigenvalue weighted by Gasteiger charge is 2.26. The van der Waals surface area contributed by atoms with Gasteiger partial charge in [-0.3, -0.25) is 0 Å². The standard InChI is InChI=1S/C17H18N4O3S2/c1-11-9-25-17(20-11)15-8-21(5-6-24-15)16-13-7-12(26(2,22)23)3-4-14(13)18-10-19-16/h3-4,7,9-10,15H,5-6,8H2,1-2H3. The predicted molar refractivity (Wildman–Crippen MR) is 100 cm³/mol. The van der Waals surface area contributed by atoms with Crippen LogP contribution in [0, 0.1) is 6.92 Å². The topological polar surface area (TPSA) is 85.3 Å². The number of hydrogen-bond acceptors (Lipinski definition) is 8. The summed E-state index contributed by atoms with van der Waals surface area (Å²) >= 11 is 1.59.